The zero-order chi connectivity index (χ0) is 41.5. The number of nitrogens with two attached hydrogens (primary N) is 1. The number of carbonyl (C=O) groups is 1. The maximum Gasteiger partial charge on any atom is 0.302 e. The molecule has 8 N–H and O–H groups in total. The minimum atomic E-state index is -0.766. The Labute approximate surface area is 351 Å². The average molecular weight is 821 g/mol. The number of aromatic hydroxyl groups is 1. The van der Waals surface area contributed by atoms with Crippen molar-refractivity contribution in [2.45, 2.75) is 141 Å². The van der Waals surface area contributed by atoms with Crippen LogP contribution in [-0.2, 0) is 22.6 Å². The Morgan fingerprint density at radius 3 is 2.76 bits per heavy atom. The van der Waals surface area contributed by atoms with Crippen molar-refractivity contribution in [2.75, 3.05) is 52.5 Å². The van der Waals surface area contributed by atoms with Crippen LogP contribution in [0, 0.1) is 46.8 Å². The Hall–Kier alpha value is -3.12. The fraction of sp³-hybridized carbons (Fsp3) is 0.783. The first-order valence-corrected chi connectivity index (χ1v) is 22.9. The second kappa shape index (κ2) is 20.2. The Bertz CT molecular complexity index is 1670. The summed E-state index contributed by atoms with van der Waals surface area (Å²) < 4.78 is 12.7. The molecule has 0 radical (unpaired) electrons. The van der Waals surface area contributed by atoms with E-state index in [1.807, 2.05) is 6.07 Å². The number of rotatable bonds is 7. The summed E-state index contributed by atoms with van der Waals surface area (Å²) in [5, 5.41) is 51.9. The number of piperidine rings is 3. The predicted octanol–water partition coefficient (Wildman–Crippen LogP) is 3.50. The summed E-state index contributed by atoms with van der Waals surface area (Å²) in [6, 6.07) is 3.77. The van der Waals surface area contributed by atoms with E-state index in [0.29, 0.717) is 61.6 Å². The second-order valence-electron chi connectivity index (χ2n) is 18.9. The molecule has 7 aliphatic rings. The lowest BCUT2D eigenvalue weighted by Crippen LogP contribution is -2.60. The Balaban J connectivity index is 1.35. The van der Waals surface area contributed by atoms with Gasteiger partial charge in [0.1, 0.15) is 12.2 Å². The fourth-order valence-electron chi connectivity index (χ4n) is 11.6. The van der Waals surface area contributed by atoms with E-state index in [9.17, 15) is 25.2 Å². The number of ether oxygens (including phenoxy) is 2. The lowest BCUT2D eigenvalue weighted by atomic mass is 9.67. The third kappa shape index (κ3) is 10.9. The highest BCUT2D eigenvalue weighted by Gasteiger charge is 2.46. The number of aliphatic imine (C=N–C) groups is 1. The van der Waals surface area contributed by atoms with Crippen LogP contribution >= 0.6 is 0 Å². The number of unbranched alkanes of at least 4 members (excludes halogenated alkanes) is 2. The van der Waals surface area contributed by atoms with Crippen molar-refractivity contribution in [3.05, 3.63) is 23.3 Å². The van der Waals surface area contributed by atoms with Crippen molar-refractivity contribution in [2.24, 2.45) is 45.7 Å². The minimum absolute atomic E-state index is 0.000517. The van der Waals surface area contributed by atoms with Gasteiger partial charge in [0.05, 0.1) is 31.4 Å². The molecule has 8 rings (SSSR count). The number of esters is 1. The van der Waals surface area contributed by atoms with Crippen LogP contribution in [0.2, 0.25) is 0 Å². The van der Waals surface area contributed by atoms with E-state index in [-0.39, 0.29) is 61.3 Å². The summed E-state index contributed by atoms with van der Waals surface area (Å²) in [4.78, 5) is 22.7. The number of nitrogens with one attached hydrogen (secondary N) is 2. The molecule has 13 heteroatoms. The van der Waals surface area contributed by atoms with Crippen LogP contribution < -0.4 is 21.1 Å². The molecule has 1 aromatic rings. The first kappa shape index (κ1) is 44.0. The second-order valence-corrected chi connectivity index (χ2v) is 18.9. The number of aliphatic hydroxyl groups excluding tert-OH is 3. The van der Waals surface area contributed by atoms with Crippen molar-refractivity contribution >= 4 is 11.9 Å². The predicted molar refractivity (Wildman–Crippen MR) is 227 cm³/mol. The topological polar surface area (TPSA) is 185 Å². The molecule has 3 saturated heterocycles. The zero-order valence-electron chi connectivity index (χ0n) is 35.6. The molecule has 0 saturated carbocycles. The van der Waals surface area contributed by atoms with Gasteiger partial charge in [-0.1, -0.05) is 44.4 Å². The maximum absolute atomic E-state index is 12.9. The van der Waals surface area contributed by atoms with Crippen LogP contribution in [-0.4, -0.2) is 125 Å². The summed E-state index contributed by atoms with van der Waals surface area (Å²) in [7, 11) is 0. The number of hydrogen-bond donors (Lipinski definition) is 7. The van der Waals surface area contributed by atoms with Gasteiger partial charge >= 0.3 is 5.97 Å². The maximum atomic E-state index is 12.9. The van der Waals surface area contributed by atoms with E-state index in [1.165, 1.54) is 6.92 Å². The first-order valence-electron chi connectivity index (χ1n) is 22.9. The van der Waals surface area contributed by atoms with E-state index in [0.717, 1.165) is 102 Å². The quantitative estimate of drug-likeness (QED) is 0.121. The van der Waals surface area contributed by atoms with Gasteiger partial charge < -0.3 is 46.3 Å². The molecule has 1 spiro atoms. The number of carbonyl (C=O) groups excluding carboxylic acids is 1. The highest BCUT2D eigenvalue weighted by molar-refractivity contribution is 5.77. The number of hydrogen-bond acceptors (Lipinski definition) is 13. The molecule has 6 heterocycles. The number of benzene rings is 1. The van der Waals surface area contributed by atoms with Gasteiger partial charge in [-0.15, -0.1) is 0 Å². The Kier molecular flexibility index (Phi) is 15.0. The number of phenolic OH excluding ortho intramolecular Hbond substituents is 1. The molecule has 1 aromatic carbocycles. The molecule has 13 nitrogen and oxygen atoms in total. The van der Waals surface area contributed by atoms with E-state index in [1.54, 1.807) is 6.07 Å². The summed E-state index contributed by atoms with van der Waals surface area (Å²) in [5.74, 6) is 8.75. The molecule has 13 atom stereocenters. The van der Waals surface area contributed by atoms with Crippen molar-refractivity contribution in [1.82, 2.24) is 20.4 Å². The molecular weight excluding hydrogens is 749 g/mol. The van der Waals surface area contributed by atoms with Crippen LogP contribution in [0.4, 0.5) is 0 Å². The van der Waals surface area contributed by atoms with Gasteiger partial charge in [-0.05, 0) is 105 Å². The lowest BCUT2D eigenvalue weighted by molar-refractivity contribution is -0.152. The molecule has 6 aliphatic heterocycles. The fourth-order valence-corrected chi connectivity index (χ4v) is 11.6. The van der Waals surface area contributed by atoms with Crippen molar-refractivity contribution in [3.8, 4) is 23.3 Å². The molecule has 3 fully saturated rings. The third-order valence-electron chi connectivity index (χ3n) is 14.7. The van der Waals surface area contributed by atoms with Crippen molar-refractivity contribution in [1.29, 1.82) is 0 Å². The SMILES string of the molecule is CCCCCC1CN2CC3CC(CN(CN=C(N)NCC14C#CC1CCCC5CC(CCN5)Oc5cc(c(CO)cc5O)CC1C(OC(C)=O)CC(O)CC4)C3)C2CO. The van der Waals surface area contributed by atoms with E-state index < -0.39 is 23.6 Å². The smallest absolute Gasteiger partial charge is 0.302 e. The number of fused-ring (bicyclic) bond motifs is 9. The largest absolute Gasteiger partial charge is 0.504 e. The summed E-state index contributed by atoms with van der Waals surface area (Å²) in [5.41, 5.74) is 7.50. The number of guanidine groups is 1. The van der Waals surface area contributed by atoms with E-state index >= 15 is 0 Å². The summed E-state index contributed by atoms with van der Waals surface area (Å²) in [6.45, 7) is 8.92. The molecular formula is C46H72N6O7. The van der Waals surface area contributed by atoms with Crippen LogP contribution in [0.25, 0.3) is 0 Å². The number of phenols is 1. The normalized spacial score (nSPS) is 37.7. The van der Waals surface area contributed by atoms with E-state index in [2.05, 4.69) is 39.2 Å². The Morgan fingerprint density at radius 2 is 1.97 bits per heavy atom. The molecule has 328 valence electrons. The molecule has 0 aromatic heterocycles. The van der Waals surface area contributed by atoms with Gasteiger partial charge in [0.15, 0.2) is 17.5 Å². The van der Waals surface area contributed by atoms with Crippen LogP contribution in [0.5, 0.6) is 11.5 Å². The third-order valence-corrected chi connectivity index (χ3v) is 14.7. The van der Waals surface area contributed by atoms with Crippen LogP contribution in [0.3, 0.4) is 0 Å². The zero-order valence-corrected chi connectivity index (χ0v) is 35.6. The van der Waals surface area contributed by atoms with Crippen LogP contribution in [0.15, 0.2) is 17.1 Å². The molecule has 1 aliphatic carbocycles. The lowest BCUT2D eigenvalue weighted by Gasteiger charge is -2.52. The molecule has 0 amide bonds. The highest BCUT2D eigenvalue weighted by atomic mass is 16.5. The van der Waals surface area contributed by atoms with Gasteiger partial charge in [0.2, 0.25) is 0 Å². The van der Waals surface area contributed by atoms with Gasteiger partial charge in [-0.25, -0.2) is 4.99 Å². The highest BCUT2D eigenvalue weighted by Crippen LogP contribution is 2.43. The standard InChI is InChI=1S/C46H72N6O7/c1-3-4-5-8-36-25-52-23-31-16-34(41(52)27-54)24-51(22-31)29-50-45(47)49-28-46(36)13-10-32-7-6-9-37-20-39(12-15-48-37)59-44-19-33(35(26-53)18-42(44)57)17-40(32)43(58-30(2)55)21-38(56)11-14-46/h18-19,31-32,34,36-41,43,48,53-54,56-57H,3-9,11-12,14-17,20-29H2,1-2H3,(H3,47,49,50). The van der Waals surface area contributed by atoms with E-state index in [4.69, 9.17) is 20.2 Å². The monoisotopic (exact) mass is 821 g/mol. The molecule has 13 unspecified atom stereocenters. The van der Waals surface area contributed by atoms with Gasteiger partial charge in [-0.2, -0.15) is 0 Å². The summed E-state index contributed by atoms with van der Waals surface area (Å²) in [6.07, 6.45) is 9.89. The van der Waals surface area contributed by atoms with Gasteiger partial charge in [0.25, 0.3) is 0 Å². The van der Waals surface area contributed by atoms with Crippen molar-refractivity contribution in [3.63, 3.8) is 0 Å². The average Bonchev–Trinajstić information content (AvgIpc) is 3.22. The van der Waals surface area contributed by atoms with Crippen molar-refractivity contribution < 1.29 is 34.7 Å². The minimum Gasteiger partial charge on any atom is -0.504 e. The van der Waals surface area contributed by atoms with Crippen LogP contribution in [0.1, 0.15) is 108 Å². The molecule has 59 heavy (non-hydrogen) atoms. The number of aliphatic hydroxyl groups is 3. The Morgan fingerprint density at radius 1 is 1.10 bits per heavy atom. The van der Waals surface area contributed by atoms with Gasteiger partial charge in [-0.3, -0.25) is 14.6 Å². The summed E-state index contributed by atoms with van der Waals surface area (Å²) >= 11 is 0. The van der Waals surface area contributed by atoms with Gasteiger partial charge in [0, 0.05) is 70.0 Å². The molecule has 8 bridgehead atoms. The first-order chi connectivity index (χ1) is 28.6. The number of nitrogens with zero attached hydrogens (tertiary/aromatic N) is 3.